The van der Waals surface area contributed by atoms with Crippen molar-refractivity contribution >= 4 is 22.7 Å². The Morgan fingerprint density at radius 2 is 2.25 bits per heavy atom. The van der Waals surface area contributed by atoms with Gasteiger partial charge in [-0.3, -0.25) is 4.99 Å². The van der Waals surface area contributed by atoms with E-state index in [1.165, 1.54) is 26.3 Å². The molecular weight excluding hydrogens is 178 g/mol. The predicted molar refractivity (Wildman–Crippen MR) is 49.5 cm³/mol. The van der Waals surface area contributed by atoms with Gasteiger partial charge >= 0.3 is 5.97 Å². The summed E-state index contributed by atoms with van der Waals surface area (Å²) >= 11 is 5.62. The Kier molecular flexibility index (Phi) is 5.04. The lowest BCUT2D eigenvalue weighted by Crippen LogP contribution is -2.10. The zero-order valence-electron chi connectivity index (χ0n) is 7.00. The fourth-order valence-electron chi connectivity index (χ4n) is 0.569. The van der Waals surface area contributed by atoms with Gasteiger partial charge in [0, 0.05) is 7.05 Å². The average molecular weight is 188 g/mol. The lowest BCUT2D eigenvalue weighted by Gasteiger charge is -2.00. The molecule has 0 saturated carbocycles. The molecule has 0 aliphatic rings. The number of rotatable bonds is 3. The van der Waals surface area contributed by atoms with Crippen molar-refractivity contribution in [2.45, 2.75) is 0 Å². The molecule has 0 aromatic rings. The second-order valence-electron chi connectivity index (χ2n) is 1.82. The number of hydrogen-bond acceptors (Lipinski definition) is 3. The molecule has 0 atom stereocenters. The molecule has 12 heavy (non-hydrogen) atoms. The van der Waals surface area contributed by atoms with Gasteiger partial charge in [0.1, 0.15) is 5.17 Å². The molecule has 0 fully saturated rings. The highest BCUT2D eigenvalue weighted by Crippen LogP contribution is 2.05. The third-order valence-corrected chi connectivity index (χ3v) is 1.48. The summed E-state index contributed by atoms with van der Waals surface area (Å²) in [6.45, 7) is 3.44. The first-order chi connectivity index (χ1) is 5.67. The highest BCUT2D eigenvalue weighted by Gasteiger charge is 2.12. The average Bonchev–Trinajstić information content (AvgIpc) is 2.11. The quantitative estimate of drug-likeness (QED) is 0.291. The Morgan fingerprint density at radius 3 is 2.58 bits per heavy atom. The molecule has 0 N–H and O–H groups in total. The molecule has 0 bridgehead atoms. The van der Waals surface area contributed by atoms with Gasteiger partial charge in [-0.1, -0.05) is 24.3 Å². The van der Waals surface area contributed by atoms with E-state index in [0.29, 0.717) is 0 Å². The number of carbonyl (C=O) groups excluding carboxylic acids is 1. The fourth-order valence-corrected chi connectivity index (χ4v) is 0.709. The Hall–Kier alpha value is -1.09. The van der Waals surface area contributed by atoms with Crippen molar-refractivity contribution in [2.75, 3.05) is 14.2 Å². The van der Waals surface area contributed by atoms with Crippen molar-refractivity contribution in [3.05, 3.63) is 24.3 Å². The first-order valence-electron chi connectivity index (χ1n) is 3.21. The molecule has 3 nitrogen and oxygen atoms in total. The van der Waals surface area contributed by atoms with Crippen molar-refractivity contribution in [2.24, 2.45) is 4.99 Å². The molecule has 66 valence electrons. The minimum absolute atomic E-state index is 0.113. The zero-order chi connectivity index (χ0) is 9.56. The maximum Gasteiger partial charge on any atom is 0.340 e. The molecular formula is C8H10ClNO2. The van der Waals surface area contributed by atoms with E-state index in [1.54, 1.807) is 0 Å². The molecule has 0 radical (unpaired) electrons. The van der Waals surface area contributed by atoms with Crippen LogP contribution in [-0.4, -0.2) is 25.3 Å². The van der Waals surface area contributed by atoms with Gasteiger partial charge in [0.2, 0.25) is 0 Å². The second kappa shape index (κ2) is 5.55. The molecule has 0 aliphatic heterocycles. The summed E-state index contributed by atoms with van der Waals surface area (Å²) in [7, 11) is 2.77. The largest absolute Gasteiger partial charge is 0.465 e. The fraction of sp³-hybridized carbons (Fsp3) is 0.250. The molecule has 0 aromatic carbocycles. The van der Waals surface area contributed by atoms with Gasteiger partial charge in [0.15, 0.2) is 0 Å². The second-order valence-corrected chi connectivity index (χ2v) is 2.18. The number of nitrogens with zero attached hydrogens (tertiary/aromatic N) is 1. The predicted octanol–water partition coefficient (Wildman–Crippen LogP) is 1.54. The lowest BCUT2D eigenvalue weighted by atomic mass is 10.2. The van der Waals surface area contributed by atoms with Crippen LogP contribution in [0, 0.1) is 0 Å². The summed E-state index contributed by atoms with van der Waals surface area (Å²) in [4.78, 5) is 14.6. The maximum absolute atomic E-state index is 11.0. The zero-order valence-corrected chi connectivity index (χ0v) is 7.76. The van der Waals surface area contributed by atoms with Gasteiger partial charge in [-0.25, -0.2) is 4.79 Å². The van der Waals surface area contributed by atoms with Gasteiger partial charge in [0.25, 0.3) is 0 Å². The van der Waals surface area contributed by atoms with E-state index in [-0.39, 0.29) is 10.7 Å². The number of allylic oxidation sites excluding steroid dienone is 2. The number of carbonyl (C=O) groups is 1. The van der Waals surface area contributed by atoms with Crippen LogP contribution in [-0.2, 0) is 9.53 Å². The minimum atomic E-state index is -0.523. The van der Waals surface area contributed by atoms with E-state index >= 15 is 0 Å². The van der Waals surface area contributed by atoms with Crippen molar-refractivity contribution in [3.63, 3.8) is 0 Å². The van der Waals surface area contributed by atoms with Crippen LogP contribution in [0.2, 0.25) is 0 Å². The number of aliphatic imine (C=N–C) groups is 1. The molecule has 0 aliphatic carbocycles. The van der Waals surface area contributed by atoms with Crippen LogP contribution in [0.1, 0.15) is 0 Å². The Labute approximate surface area is 76.4 Å². The van der Waals surface area contributed by atoms with Gasteiger partial charge in [-0.2, -0.15) is 0 Å². The molecule has 0 aromatic heterocycles. The topological polar surface area (TPSA) is 38.7 Å². The van der Waals surface area contributed by atoms with Crippen LogP contribution in [0.25, 0.3) is 0 Å². The molecule has 4 heteroatoms. The van der Waals surface area contributed by atoms with Gasteiger partial charge in [0.05, 0.1) is 12.7 Å². The number of methoxy groups -OCH3 is 1. The standard InChI is InChI=1S/C8H10ClNO2/c1-4-5-6(7(9)10-2)8(11)12-3/h4-5H,1H2,2-3H3/b6-5+,10-7+. The Balaban J connectivity index is 4.80. The first-order valence-corrected chi connectivity index (χ1v) is 3.58. The van der Waals surface area contributed by atoms with Gasteiger partial charge in [-0.05, 0) is 6.08 Å². The third kappa shape index (κ3) is 2.88. The van der Waals surface area contributed by atoms with Crippen LogP contribution in [0.5, 0.6) is 0 Å². The van der Waals surface area contributed by atoms with Crippen molar-refractivity contribution in [1.82, 2.24) is 0 Å². The number of ether oxygens (including phenoxy) is 1. The van der Waals surface area contributed by atoms with Crippen molar-refractivity contribution < 1.29 is 9.53 Å². The van der Waals surface area contributed by atoms with E-state index in [1.807, 2.05) is 0 Å². The summed E-state index contributed by atoms with van der Waals surface area (Å²) in [6.07, 6.45) is 2.89. The summed E-state index contributed by atoms with van der Waals surface area (Å²) in [5, 5.41) is 0.113. The smallest absolute Gasteiger partial charge is 0.340 e. The van der Waals surface area contributed by atoms with Crippen LogP contribution in [0.3, 0.4) is 0 Å². The van der Waals surface area contributed by atoms with Crippen molar-refractivity contribution in [3.8, 4) is 0 Å². The van der Waals surface area contributed by atoms with Crippen LogP contribution >= 0.6 is 11.6 Å². The molecule has 0 spiro atoms. The highest BCUT2D eigenvalue weighted by molar-refractivity contribution is 6.72. The molecule has 0 rings (SSSR count). The monoisotopic (exact) mass is 187 g/mol. The minimum Gasteiger partial charge on any atom is -0.465 e. The lowest BCUT2D eigenvalue weighted by molar-refractivity contribution is -0.135. The molecule has 0 heterocycles. The van der Waals surface area contributed by atoms with E-state index in [0.717, 1.165) is 0 Å². The van der Waals surface area contributed by atoms with E-state index in [2.05, 4.69) is 16.3 Å². The normalized spacial score (nSPS) is 12.6. The van der Waals surface area contributed by atoms with Crippen LogP contribution in [0.15, 0.2) is 29.3 Å². The molecule has 0 amide bonds. The van der Waals surface area contributed by atoms with E-state index < -0.39 is 5.97 Å². The number of esters is 1. The van der Waals surface area contributed by atoms with Gasteiger partial charge < -0.3 is 4.74 Å². The molecule has 0 saturated heterocycles. The maximum atomic E-state index is 11.0. The SMILES string of the molecule is C=C/C=C(C(=O)OC)\C(Cl)=N/C. The van der Waals surface area contributed by atoms with Crippen LogP contribution < -0.4 is 0 Å². The van der Waals surface area contributed by atoms with Crippen molar-refractivity contribution in [1.29, 1.82) is 0 Å². The van der Waals surface area contributed by atoms with E-state index in [9.17, 15) is 4.79 Å². The Morgan fingerprint density at radius 1 is 1.67 bits per heavy atom. The number of hydrogen-bond donors (Lipinski definition) is 0. The molecule has 0 unspecified atom stereocenters. The first kappa shape index (κ1) is 10.9. The highest BCUT2D eigenvalue weighted by atomic mass is 35.5. The summed E-state index contributed by atoms with van der Waals surface area (Å²) in [5.41, 5.74) is 0.205. The van der Waals surface area contributed by atoms with E-state index in [4.69, 9.17) is 11.6 Å². The van der Waals surface area contributed by atoms with Gasteiger partial charge in [-0.15, -0.1) is 0 Å². The third-order valence-electron chi connectivity index (χ3n) is 1.11. The summed E-state index contributed by atoms with van der Waals surface area (Å²) in [5.74, 6) is -0.523. The summed E-state index contributed by atoms with van der Waals surface area (Å²) in [6, 6.07) is 0. The van der Waals surface area contributed by atoms with Crippen LogP contribution in [0.4, 0.5) is 0 Å². The number of halogens is 1. The Bertz CT molecular complexity index is 243. The summed E-state index contributed by atoms with van der Waals surface area (Å²) < 4.78 is 4.47.